The number of anilines is 2. The molecule has 7 heteroatoms. The Morgan fingerprint density at radius 1 is 1.41 bits per heavy atom. The van der Waals surface area contributed by atoms with Crippen LogP contribution in [0, 0.1) is 12.7 Å². The number of halogens is 1. The summed E-state index contributed by atoms with van der Waals surface area (Å²) in [7, 11) is 3.29. The number of nitrogen functional groups attached to an aromatic ring is 1. The molecule has 0 spiro atoms. The molecule has 0 aliphatic carbocycles. The zero-order valence-corrected chi connectivity index (χ0v) is 9.82. The fourth-order valence-electron chi connectivity index (χ4n) is 1.63. The highest BCUT2D eigenvalue weighted by atomic mass is 19.1. The number of aryl methyl sites for hydroxylation is 2. The highest BCUT2D eigenvalue weighted by molar-refractivity contribution is 5.62. The predicted molar refractivity (Wildman–Crippen MR) is 62.9 cm³/mol. The molecule has 0 aromatic carbocycles. The lowest BCUT2D eigenvalue weighted by atomic mass is 10.2. The van der Waals surface area contributed by atoms with Crippen LogP contribution in [-0.2, 0) is 7.05 Å². The van der Waals surface area contributed by atoms with Crippen molar-refractivity contribution in [3.8, 4) is 11.4 Å². The molecule has 0 radical (unpaired) electrons. The lowest BCUT2D eigenvalue weighted by Gasteiger charge is -2.07. The first-order valence-electron chi connectivity index (χ1n) is 5.04. The van der Waals surface area contributed by atoms with Gasteiger partial charge in [0.15, 0.2) is 11.6 Å². The molecule has 0 atom stereocenters. The maximum absolute atomic E-state index is 14.0. The number of hydrogen-bond donors (Lipinski definition) is 2. The molecule has 2 rings (SSSR count). The van der Waals surface area contributed by atoms with Crippen LogP contribution in [0.25, 0.3) is 11.4 Å². The largest absolute Gasteiger partial charge is 0.371 e. The average Bonchev–Trinajstić information content (AvgIpc) is 2.60. The molecule has 0 saturated carbocycles. The zero-order valence-electron chi connectivity index (χ0n) is 9.82. The van der Waals surface area contributed by atoms with Crippen molar-refractivity contribution < 1.29 is 4.39 Å². The van der Waals surface area contributed by atoms with Crippen LogP contribution in [-0.4, -0.2) is 26.8 Å². The van der Waals surface area contributed by atoms with Gasteiger partial charge in [0, 0.05) is 14.1 Å². The summed E-state index contributed by atoms with van der Waals surface area (Å²) in [6, 6.07) is 1.74. The number of rotatable bonds is 2. The van der Waals surface area contributed by atoms with E-state index in [1.54, 1.807) is 24.8 Å². The first-order valence-corrected chi connectivity index (χ1v) is 5.04. The van der Waals surface area contributed by atoms with Crippen LogP contribution < -0.4 is 11.1 Å². The quantitative estimate of drug-likeness (QED) is 0.811. The Hall–Kier alpha value is -2.18. The smallest absolute Gasteiger partial charge is 0.222 e. The van der Waals surface area contributed by atoms with Gasteiger partial charge in [-0.1, -0.05) is 0 Å². The van der Waals surface area contributed by atoms with E-state index in [9.17, 15) is 4.39 Å². The molecule has 6 nitrogen and oxygen atoms in total. The van der Waals surface area contributed by atoms with E-state index in [1.165, 1.54) is 0 Å². The summed E-state index contributed by atoms with van der Waals surface area (Å²) in [5.74, 6) is -0.444. The molecule has 0 aliphatic heterocycles. The van der Waals surface area contributed by atoms with Crippen molar-refractivity contribution in [1.29, 1.82) is 0 Å². The number of nitrogens with zero attached hydrogens (tertiary/aromatic N) is 4. The molecule has 0 aliphatic rings. The normalized spacial score (nSPS) is 10.6. The van der Waals surface area contributed by atoms with Crippen molar-refractivity contribution >= 4 is 11.8 Å². The molecular weight excluding hydrogens is 223 g/mol. The highest BCUT2D eigenvalue weighted by Gasteiger charge is 2.17. The number of hydrogen-bond acceptors (Lipinski definition) is 5. The van der Waals surface area contributed by atoms with Crippen LogP contribution in [0.5, 0.6) is 0 Å². The molecule has 17 heavy (non-hydrogen) atoms. The molecule has 0 fully saturated rings. The fraction of sp³-hybridized carbons (Fsp3) is 0.300. The van der Waals surface area contributed by atoms with Crippen LogP contribution in [0.3, 0.4) is 0 Å². The van der Waals surface area contributed by atoms with E-state index in [0.29, 0.717) is 5.69 Å². The number of nitrogens with two attached hydrogens (primary N) is 1. The average molecular weight is 236 g/mol. The third-order valence-corrected chi connectivity index (χ3v) is 2.35. The van der Waals surface area contributed by atoms with Crippen LogP contribution in [0.15, 0.2) is 6.07 Å². The predicted octanol–water partition coefficient (Wildman–Crippen LogP) is 0.949. The van der Waals surface area contributed by atoms with Gasteiger partial charge >= 0.3 is 0 Å². The zero-order chi connectivity index (χ0) is 12.6. The Kier molecular flexibility index (Phi) is 2.66. The summed E-state index contributed by atoms with van der Waals surface area (Å²) in [4.78, 5) is 7.68. The van der Waals surface area contributed by atoms with Crippen molar-refractivity contribution in [3.63, 3.8) is 0 Å². The van der Waals surface area contributed by atoms with Crippen molar-refractivity contribution in [2.24, 2.45) is 7.05 Å². The molecule has 2 aromatic rings. The second kappa shape index (κ2) is 4.00. The van der Waals surface area contributed by atoms with E-state index in [2.05, 4.69) is 20.4 Å². The van der Waals surface area contributed by atoms with Gasteiger partial charge in [0.25, 0.3) is 0 Å². The molecule has 0 unspecified atom stereocenters. The SMILES string of the molecule is CNc1nc(N)nc(-c2cc(C)nn2C)c1F. The summed E-state index contributed by atoms with van der Waals surface area (Å²) < 4.78 is 15.6. The highest BCUT2D eigenvalue weighted by Crippen LogP contribution is 2.25. The second-order valence-electron chi connectivity index (χ2n) is 3.64. The summed E-state index contributed by atoms with van der Waals surface area (Å²) in [5, 5.41) is 6.78. The van der Waals surface area contributed by atoms with Crippen LogP contribution >= 0.6 is 0 Å². The van der Waals surface area contributed by atoms with Crippen LogP contribution in [0.4, 0.5) is 16.2 Å². The minimum Gasteiger partial charge on any atom is -0.371 e. The molecule has 0 saturated heterocycles. The van der Waals surface area contributed by atoms with Crippen LogP contribution in [0.1, 0.15) is 5.69 Å². The molecule has 0 amide bonds. The van der Waals surface area contributed by atoms with E-state index in [-0.39, 0.29) is 17.5 Å². The Morgan fingerprint density at radius 3 is 2.65 bits per heavy atom. The van der Waals surface area contributed by atoms with Gasteiger partial charge in [0.05, 0.1) is 11.4 Å². The first-order chi connectivity index (χ1) is 8.02. The van der Waals surface area contributed by atoms with Gasteiger partial charge < -0.3 is 11.1 Å². The summed E-state index contributed by atoms with van der Waals surface area (Å²) >= 11 is 0. The van der Waals surface area contributed by atoms with Gasteiger partial charge in [-0.25, -0.2) is 9.37 Å². The molecule has 0 bridgehead atoms. The third-order valence-electron chi connectivity index (χ3n) is 2.35. The molecule has 2 heterocycles. The maximum Gasteiger partial charge on any atom is 0.222 e. The van der Waals surface area contributed by atoms with Crippen molar-refractivity contribution in [2.45, 2.75) is 6.92 Å². The Labute approximate surface area is 97.7 Å². The van der Waals surface area contributed by atoms with E-state index < -0.39 is 5.82 Å². The Balaban J connectivity index is 2.66. The van der Waals surface area contributed by atoms with Crippen LogP contribution in [0.2, 0.25) is 0 Å². The summed E-state index contributed by atoms with van der Waals surface area (Å²) in [6.07, 6.45) is 0. The summed E-state index contributed by atoms with van der Waals surface area (Å²) in [5.41, 5.74) is 7.03. The van der Waals surface area contributed by atoms with Gasteiger partial charge in [-0.05, 0) is 13.0 Å². The van der Waals surface area contributed by atoms with Gasteiger partial charge in [0.1, 0.15) is 5.69 Å². The van der Waals surface area contributed by atoms with Gasteiger partial charge in [-0.15, -0.1) is 0 Å². The van der Waals surface area contributed by atoms with Gasteiger partial charge in [-0.3, -0.25) is 4.68 Å². The lowest BCUT2D eigenvalue weighted by molar-refractivity contribution is 0.619. The maximum atomic E-state index is 14.0. The monoisotopic (exact) mass is 236 g/mol. The minimum absolute atomic E-state index is 0.0182. The van der Waals surface area contributed by atoms with Crippen molar-refractivity contribution in [2.75, 3.05) is 18.1 Å². The Morgan fingerprint density at radius 2 is 2.12 bits per heavy atom. The first kappa shape index (κ1) is 11.3. The molecule has 3 N–H and O–H groups in total. The van der Waals surface area contributed by atoms with E-state index in [0.717, 1.165) is 5.69 Å². The fourth-order valence-corrected chi connectivity index (χ4v) is 1.63. The molecule has 90 valence electrons. The Bertz CT molecular complexity index is 562. The second-order valence-corrected chi connectivity index (χ2v) is 3.64. The number of nitrogens with one attached hydrogen (secondary N) is 1. The van der Waals surface area contributed by atoms with E-state index in [4.69, 9.17) is 5.73 Å². The lowest BCUT2D eigenvalue weighted by Crippen LogP contribution is -2.07. The molecule has 2 aromatic heterocycles. The summed E-state index contributed by atoms with van der Waals surface area (Å²) in [6.45, 7) is 1.82. The van der Waals surface area contributed by atoms with Gasteiger partial charge in [-0.2, -0.15) is 10.1 Å². The van der Waals surface area contributed by atoms with Crippen molar-refractivity contribution in [1.82, 2.24) is 19.7 Å². The molecular formula is C10H13FN6. The van der Waals surface area contributed by atoms with E-state index >= 15 is 0 Å². The van der Waals surface area contributed by atoms with Crippen molar-refractivity contribution in [3.05, 3.63) is 17.6 Å². The third kappa shape index (κ3) is 1.91. The minimum atomic E-state index is -0.537. The standard InChI is InChI=1S/C10H13FN6/c1-5-4-6(17(3)16-5)8-7(11)9(13-2)15-10(12)14-8/h4H,1-3H3,(H3,12,13,14,15). The topological polar surface area (TPSA) is 81.7 Å². The van der Waals surface area contributed by atoms with E-state index in [1.807, 2.05) is 6.92 Å². The number of aromatic nitrogens is 4. The van der Waals surface area contributed by atoms with Gasteiger partial charge in [0.2, 0.25) is 5.95 Å².